The highest BCUT2D eigenvalue weighted by Gasteiger charge is 2.14. The molecule has 1 aromatic heterocycles. The molecule has 1 heterocycles. The van der Waals surface area contributed by atoms with Gasteiger partial charge in [-0.1, -0.05) is 17.7 Å². The third kappa shape index (κ3) is 2.50. The van der Waals surface area contributed by atoms with E-state index in [0.717, 1.165) is 16.7 Å². The molecule has 3 aromatic rings. The first-order valence-electron chi connectivity index (χ1n) is 6.51. The van der Waals surface area contributed by atoms with Crippen molar-refractivity contribution >= 4 is 34.2 Å². The van der Waals surface area contributed by atoms with E-state index in [1.165, 1.54) is 0 Å². The lowest BCUT2D eigenvalue weighted by Gasteiger charge is -2.17. The van der Waals surface area contributed by atoms with Gasteiger partial charge in [0.25, 0.3) is 5.91 Å². The van der Waals surface area contributed by atoms with Crippen LogP contribution in [-0.4, -0.2) is 22.5 Å². The third-order valence-corrected chi connectivity index (χ3v) is 3.71. The molecule has 0 spiro atoms. The van der Waals surface area contributed by atoms with Crippen LogP contribution in [0.4, 0.5) is 5.69 Å². The van der Waals surface area contributed by atoms with Crippen molar-refractivity contribution in [1.29, 1.82) is 0 Å². The average molecular weight is 300 g/mol. The van der Waals surface area contributed by atoms with Crippen molar-refractivity contribution < 1.29 is 4.79 Å². The summed E-state index contributed by atoms with van der Waals surface area (Å²) >= 11 is 5.94. The minimum atomic E-state index is -0.104. The molecule has 0 saturated heterocycles. The molecule has 0 aliphatic rings. The van der Waals surface area contributed by atoms with Crippen LogP contribution in [-0.2, 0) is 7.05 Å². The molecule has 0 aliphatic heterocycles. The van der Waals surface area contributed by atoms with Gasteiger partial charge in [0.2, 0.25) is 0 Å². The molecule has 0 atom stereocenters. The van der Waals surface area contributed by atoms with E-state index in [1.807, 2.05) is 29.8 Å². The van der Waals surface area contributed by atoms with Gasteiger partial charge < -0.3 is 9.47 Å². The zero-order chi connectivity index (χ0) is 15.0. The quantitative estimate of drug-likeness (QED) is 0.726. The molecular formula is C16H14ClN3O. The van der Waals surface area contributed by atoms with Crippen LogP contribution >= 0.6 is 11.6 Å². The van der Waals surface area contributed by atoms with Crippen LogP contribution in [0.1, 0.15) is 10.4 Å². The summed E-state index contributed by atoms with van der Waals surface area (Å²) in [6.07, 6.45) is 1.76. The van der Waals surface area contributed by atoms with E-state index in [4.69, 9.17) is 11.6 Å². The van der Waals surface area contributed by atoms with E-state index < -0.39 is 0 Å². The molecule has 0 fully saturated rings. The lowest BCUT2D eigenvalue weighted by atomic mass is 10.2. The number of aromatic nitrogens is 2. The van der Waals surface area contributed by atoms with Gasteiger partial charge in [0.15, 0.2) is 0 Å². The third-order valence-electron chi connectivity index (χ3n) is 3.47. The molecule has 106 valence electrons. The number of carbonyl (C=O) groups is 1. The summed E-state index contributed by atoms with van der Waals surface area (Å²) in [5, 5.41) is 0.550. The van der Waals surface area contributed by atoms with Gasteiger partial charge in [-0.2, -0.15) is 0 Å². The fourth-order valence-corrected chi connectivity index (χ4v) is 2.46. The van der Waals surface area contributed by atoms with E-state index >= 15 is 0 Å². The van der Waals surface area contributed by atoms with E-state index in [-0.39, 0.29) is 5.91 Å². The Labute approximate surface area is 127 Å². The molecule has 2 aromatic carbocycles. The minimum Gasteiger partial charge on any atom is -0.334 e. The molecule has 0 bridgehead atoms. The number of fused-ring (bicyclic) bond motifs is 1. The highest BCUT2D eigenvalue weighted by Crippen LogP contribution is 2.22. The molecule has 0 aliphatic carbocycles. The Morgan fingerprint density at radius 2 is 2.05 bits per heavy atom. The van der Waals surface area contributed by atoms with Gasteiger partial charge in [-0.15, -0.1) is 0 Å². The predicted octanol–water partition coefficient (Wildman–Crippen LogP) is 3.50. The van der Waals surface area contributed by atoms with Crippen LogP contribution in [0.25, 0.3) is 11.0 Å². The highest BCUT2D eigenvalue weighted by molar-refractivity contribution is 6.31. The van der Waals surface area contributed by atoms with Gasteiger partial charge in [0.1, 0.15) is 0 Å². The monoisotopic (exact) mass is 299 g/mol. The summed E-state index contributed by atoms with van der Waals surface area (Å²) in [4.78, 5) is 18.4. The predicted molar refractivity (Wildman–Crippen MR) is 84.9 cm³/mol. The van der Waals surface area contributed by atoms with Gasteiger partial charge in [-0.3, -0.25) is 4.79 Å². The maximum Gasteiger partial charge on any atom is 0.258 e. The van der Waals surface area contributed by atoms with Gasteiger partial charge in [0.05, 0.1) is 17.4 Å². The normalized spacial score (nSPS) is 10.8. The van der Waals surface area contributed by atoms with Crippen LogP contribution in [0.2, 0.25) is 5.02 Å². The lowest BCUT2D eigenvalue weighted by Crippen LogP contribution is -2.26. The number of anilines is 1. The Hall–Kier alpha value is -2.33. The standard InChI is InChI=1S/C16H14ClN3O/c1-19-10-18-14-9-13(6-7-15(14)19)20(2)16(21)11-4-3-5-12(17)8-11/h3-10H,1-2H3. The highest BCUT2D eigenvalue weighted by atomic mass is 35.5. The van der Waals surface area contributed by atoms with Crippen molar-refractivity contribution in [3.63, 3.8) is 0 Å². The van der Waals surface area contributed by atoms with Gasteiger partial charge in [0, 0.05) is 30.4 Å². The average Bonchev–Trinajstić information content (AvgIpc) is 2.86. The largest absolute Gasteiger partial charge is 0.334 e. The number of carbonyl (C=O) groups excluding carboxylic acids is 1. The van der Waals surface area contributed by atoms with Crippen LogP contribution in [0.15, 0.2) is 48.8 Å². The van der Waals surface area contributed by atoms with E-state index in [1.54, 1.807) is 42.5 Å². The van der Waals surface area contributed by atoms with Crippen molar-refractivity contribution in [3.05, 3.63) is 59.4 Å². The Kier molecular flexibility index (Phi) is 3.39. The molecule has 21 heavy (non-hydrogen) atoms. The Bertz CT molecular complexity index is 825. The van der Waals surface area contributed by atoms with Crippen LogP contribution in [0.5, 0.6) is 0 Å². The number of hydrogen-bond donors (Lipinski definition) is 0. The molecule has 1 amide bonds. The van der Waals surface area contributed by atoms with Crippen molar-refractivity contribution in [2.75, 3.05) is 11.9 Å². The Balaban J connectivity index is 1.95. The Morgan fingerprint density at radius 3 is 2.81 bits per heavy atom. The maximum absolute atomic E-state index is 12.5. The SMILES string of the molecule is CN(C(=O)c1cccc(Cl)c1)c1ccc2c(c1)ncn2C. The number of benzene rings is 2. The molecule has 3 rings (SSSR count). The number of aryl methyl sites for hydroxylation is 1. The molecule has 0 saturated carbocycles. The van der Waals surface area contributed by atoms with Crippen molar-refractivity contribution in [2.24, 2.45) is 7.05 Å². The number of nitrogens with zero attached hydrogens (tertiary/aromatic N) is 3. The van der Waals surface area contributed by atoms with E-state index in [9.17, 15) is 4.79 Å². The second-order valence-electron chi connectivity index (χ2n) is 4.90. The second kappa shape index (κ2) is 5.22. The van der Waals surface area contributed by atoms with Gasteiger partial charge in [-0.25, -0.2) is 4.98 Å². The summed E-state index contributed by atoms with van der Waals surface area (Å²) in [5.41, 5.74) is 3.25. The first-order chi connectivity index (χ1) is 10.1. The van der Waals surface area contributed by atoms with E-state index in [0.29, 0.717) is 10.6 Å². The lowest BCUT2D eigenvalue weighted by molar-refractivity contribution is 0.0993. The summed E-state index contributed by atoms with van der Waals surface area (Å²) in [7, 11) is 3.68. The zero-order valence-corrected chi connectivity index (χ0v) is 12.5. The van der Waals surface area contributed by atoms with Crippen molar-refractivity contribution in [3.8, 4) is 0 Å². The summed E-state index contributed by atoms with van der Waals surface area (Å²) in [5.74, 6) is -0.104. The molecule has 5 heteroatoms. The number of rotatable bonds is 2. The van der Waals surface area contributed by atoms with Crippen LogP contribution in [0.3, 0.4) is 0 Å². The Morgan fingerprint density at radius 1 is 1.24 bits per heavy atom. The van der Waals surface area contributed by atoms with Crippen LogP contribution < -0.4 is 4.90 Å². The minimum absolute atomic E-state index is 0.104. The number of amides is 1. The topological polar surface area (TPSA) is 38.1 Å². The van der Waals surface area contributed by atoms with E-state index in [2.05, 4.69) is 4.98 Å². The molecular weight excluding hydrogens is 286 g/mol. The smallest absolute Gasteiger partial charge is 0.258 e. The fraction of sp³-hybridized carbons (Fsp3) is 0.125. The second-order valence-corrected chi connectivity index (χ2v) is 5.34. The maximum atomic E-state index is 12.5. The molecule has 0 unspecified atom stereocenters. The molecule has 4 nitrogen and oxygen atoms in total. The number of halogens is 1. The van der Waals surface area contributed by atoms with Crippen LogP contribution in [0, 0.1) is 0 Å². The fourth-order valence-electron chi connectivity index (χ4n) is 2.27. The number of imidazole rings is 1. The number of hydrogen-bond acceptors (Lipinski definition) is 2. The molecule has 0 N–H and O–H groups in total. The van der Waals surface area contributed by atoms with Crippen molar-refractivity contribution in [1.82, 2.24) is 9.55 Å². The first-order valence-corrected chi connectivity index (χ1v) is 6.89. The van der Waals surface area contributed by atoms with Gasteiger partial charge >= 0.3 is 0 Å². The summed E-state index contributed by atoms with van der Waals surface area (Å²) in [6.45, 7) is 0. The zero-order valence-electron chi connectivity index (χ0n) is 11.7. The summed E-state index contributed by atoms with van der Waals surface area (Å²) in [6, 6.07) is 12.7. The first kappa shape index (κ1) is 13.6. The van der Waals surface area contributed by atoms with Gasteiger partial charge in [-0.05, 0) is 36.4 Å². The van der Waals surface area contributed by atoms with Crippen molar-refractivity contribution in [2.45, 2.75) is 0 Å². The molecule has 0 radical (unpaired) electrons. The summed E-state index contributed by atoms with van der Waals surface area (Å²) < 4.78 is 1.94.